The smallest absolute Gasteiger partial charge is 0.137 e. The molecular formula is C10H9ClO2. The summed E-state index contributed by atoms with van der Waals surface area (Å²) in [6, 6.07) is 5.22. The van der Waals surface area contributed by atoms with Crippen molar-refractivity contribution in [3.63, 3.8) is 0 Å². The lowest BCUT2D eigenvalue weighted by Crippen LogP contribution is -1.84. The third-order valence-corrected chi connectivity index (χ3v) is 1.76. The predicted molar refractivity (Wildman–Crippen MR) is 52.0 cm³/mol. The van der Waals surface area contributed by atoms with Gasteiger partial charge in [0.05, 0.1) is 12.1 Å². The number of hydrogen-bond acceptors (Lipinski definition) is 2. The highest BCUT2D eigenvalue weighted by Crippen LogP contribution is 2.24. The van der Waals surface area contributed by atoms with Crippen LogP contribution in [0.2, 0.25) is 5.02 Å². The van der Waals surface area contributed by atoms with E-state index < -0.39 is 0 Å². The quantitative estimate of drug-likeness (QED) is 0.693. The Labute approximate surface area is 82.1 Å². The topological polar surface area (TPSA) is 29.5 Å². The molecular weight excluding hydrogens is 188 g/mol. The molecule has 3 heteroatoms. The van der Waals surface area contributed by atoms with Gasteiger partial charge in [-0.1, -0.05) is 23.4 Å². The van der Waals surface area contributed by atoms with E-state index in [1.165, 1.54) is 0 Å². The molecule has 0 saturated heterocycles. The molecule has 1 aromatic rings. The van der Waals surface area contributed by atoms with Gasteiger partial charge in [-0.15, -0.1) is 0 Å². The predicted octanol–water partition coefficient (Wildman–Crippen LogP) is 1.69. The van der Waals surface area contributed by atoms with Crippen molar-refractivity contribution in [2.75, 3.05) is 13.7 Å². The first-order valence-corrected chi connectivity index (χ1v) is 4.09. The SMILES string of the molecule is COc1ccc(C#CCO)cc1Cl. The zero-order valence-electron chi connectivity index (χ0n) is 7.17. The average molecular weight is 197 g/mol. The number of ether oxygens (including phenoxy) is 1. The highest BCUT2D eigenvalue weighted by Gasteiger charge is 1.98. The van der Waals surface area contributed by atoms with Crippen molar-refractivity contribution in [1.29, 1.82) is 0 Å². The van der Waals surface area contributed by atoms with Crippen molar-refractivity contribution in [2.45, 2.75) is 0 Å². The van der Waals surface area contributed by atoms with Crippen LogP contribution in [0.4, 0.5) is 0 Å². The first-order chi connectivity index (χ1) is 6.27. The zero-order valence-corrected chi connectivity index (χ0v) is 7.93. The fourth-order valence-corrected chi connectivity index (χ4v) is 1.14. The molecule has 0 saturated carbocycles. The Morgan fingerprint density at radius 3 is 2.85 bits per heavy atom. The standard InChI is InChI=1S/C10H9ClO2/c1-13-10-5-4-8(3-2-6-12)7-9(10)11/h4-5,7,12H,6H2,1H3. The normalized spacial score (nSPS) is 8.85. The Morgan fingerprint density at radius 2 is 2.31 bits per heavy atom. The Balaban J connectivity index is 2.96. The Bertz CT molecular complexity index is 350. The molecule has 1 aromatic carbocycles. The van der Waals surface area contributed by atoms with Crippen molar-refractivity contribution < 1.29 is 9.84 Å². The van der Waals surface area contributed by atoms with Crippen LogP contribution in [0.1, 0.15) is 5.56 Å². The van der Waals surface area contributed by atoms with Crippen LogP contribution in [-0.2, 0) is 0 Å². The van der Waals surface area contributed by atoms with Gasteiger partial charge in [0.15, 0.2) is 0 Å². The molecule has 0 bridgehead atoms. The molecule has 0 radical (unpaired) electrons. The molecule has 0 amide bonds. The molecule has 0 aromatic heterocycles. The molecule has 0 spiro atoms. The van der Waals surface area contributed by atoms with Crippen LogP contribution in [0.15, 0.2) is 18.2 Å². The molecule has 68 valence electrons. The van der Waals surface area contributed by atoms with E-state index in [9.17, 15) is 0 Å². The molecule has 0 aliphatic heterocycles. The van der Waals surface area contributed by atoms with Gasteiger partial charge in [0.1, 0.15) is 12.4 Å². The van der Waals surface area contributed by atoms with Gasteiger partial charge in [0.2, 0.25) is 0 Å². The Morgan fingerprint density at radius 1 is 1.54 bits per heavy atom. The second kappa shape index (κ2) is 4.76. The third kappa shape index (κ3) is 2.66. The van der Waals surface area contributed by atoms with Crippen LogP contribution in [0.5, 0.6) is 5.75 Å². The van der Waals surface area contributed by atoms with Crippen molar-refractivity contribution in [3.05, 3.63) is 28.8 Å². The molecule has 1 rings (SSSR count). The molecule has 2 nitrogen and oxygen atoms in total. The second-order valence-electron chi connectivity index (χ2n) is 2.31. The fraction of sp³-hybridized carbons (Fsp3) is 0.200. The number of rotatable bonds is 1. The summed E-state index contributed by atoms with van der Waals surface area (Å²) in [5, 5.41) is 8.99. The van der Waals surface area contributed by atoms with E-state index in [0.717, 1.165) is 5.56 Å². The number of hydrogen-bond donors (Lipinski definition) is 1. The number of halogens is 1. The monoisotopic (exact) mass is 196 g/mol. The molecule has 0 atom stereocenters. The van der Waals surface area contributed by atoms with Gasteiger partial charge >= 0.3 is 0 Å². The lowest BCUT2D eigenvalue weighted by atomic mass is 10.2. The lowest BCUT2D eigenvalue weighted by molar-refractivity contribution is 0.350. The van der Waals surface area contributed by atoms with Crippen LogP contribution in [-0.4, -0.2) is 18.8 Å². The molecule has 1 N–H and O–H groups in total. The molecule has 13 heavy (non-hydrogen) atoms. The molecule has 0 heterocycles. The summed E-state index contributed by atoms with van der Waals surface area (Å²) in [5.41, 5.74) is 0.764. The summed E-state index contributed by atoms with van der Waals surface area (Å²) in [6.07, 6.45) is 0. The van der Waals surface area contributed by atoms with E-state index in [0.29, 0.717) is 10.8 Å². The highest BCUT2D eigenvalue weighted by molar-refractivity contribution is 6.32. The van der Waals surface area contributed by atoms with Crippen LogP contribution >= 0.6 is 11.6 Å². The van der Waals surface area contributed by atoms with Crippen LogP contribution in [0.3, 0.4) is 0 Å². The molecule has 0 aliphatic carbocycles. The van der Waals surface area contributed by atoms with Crippen molar-refractivity contribution >= 4 is 11.6 Å². The van der Waals surface area contributed by atoms with Crippen molar-refractivity contribution in [3.8, 4) is 17.6 Å². The van der Waals surface area contributed by atoms with Gasteiger partial charge in [0, 0.05) is 5.56 Å². The van der Waals surface area contributed by atoms with Gasteiger partial charge in [-0.25, -0.2) is 0 Å². The van der Waals surface area contributed by atoms with E-state index in [-0.39, 0.29) is 6.61 Å². The van der Waals surface area contributed by atoms with E-state index in [1.807, 2.05) is 0 Å². The van der Waals surface area contributed by atoms with E-state index in [1.54, 1.807) is 25.3 Å². The first kappa shape index (κ1) is 9.91. The number of benzene rings is 1. The van der Waals surface area contributed by atoms with Gasteiger partial charge in [0.25, 0.3) is 0 Å². The largest absolute Gasteiger partial charge is 0.495 e. The minimum atomic E-state index is -0.149. The Hall–Kier alpha value is -1.17. The summed E-state index contributed by atoms with van der Waals surface area (Å²) >= 11 is 5.85. The second-order valence-corrected chi connectivity index (χ2v) is 2.72. The average Bonchev–Trinajstić information content (AvgIpc) is 2.15. The first-order valence-electron chi connectivity index (χ1n) is 3.71. The fourth-order valence-electron chi connectivity index (χ4n) is 0.886. The third-order valence-electron chi connectivity index (χ3n) is 1.46. The lowest BCUT2D eigenvalue weighted by Gasteiger charge is -2.01. The van der Waals surface area contributed by atoms with E-state index in [4.69, 9.17) is 21.4 Å². The van der Waals surface area contributed by atoms with Crippen LogP contribution in [0.25, 0.3) is 0 Å². The summed E-state index contributed by atoms with van der Waals surface area (Å²) in [7, 11) is 1.56. The van der Waals surface area contributed by atoms with Gasteiger partial charge in [-0.2, -0.15) is 0 Å². The molecule has 0 aliphatic rings. The van der Waals surface area contributed by atoms with Gasteiger partial charge in [-0.05, 0) is 18.2 Å². The maximum Gasteiger partial charge on any atom is 0.137 e. The Kier molecular flexibility index (Phi) is 3.63. The number of methoxy groups -OCH3 is 1. The van der Waals surface area contributed by atoms with E-state index in [2.05, 4.69) is 11.8 Å². The minimum Gasteiger partial charge on any atom is -0.495 e. The number of aliphatic hydroxyl groups is 1. The molecule has 0 unspecified atom stereocenters. The highest BCUT2D eigenvalue weighted by atomic mass is 35.5. The summed E-state index contributed by atoms with van der Waals surface area (Å²) < 4.78 is 4.97. The van der Waals surface area contributed by atoms with Gasteiger partial charge < -0.3 is 9.84 Å². The molecule has 0 fully saturated rings. The summed E-state index contributed by atoms with van der Waals surface area (Å²) in [5.74, 6) is 5.90. The van der Waals surface area contributed by atoms with Crippen LogP contribution < -0.4 is 4.74 Å². The maximum absolute atomic E-state index is 8.47. The van der Waals surface area contributed by atoms with Crippen molar-refractivity contribution in [2.24, 2.45) is 0 Å². The van der Waals surface area contributed by atoms with Gasteiger partial charge in [-0.3, -0.25) is 0 Å². The zero-order chi connectivity index (χ0) is 9.68. The summed E-state index contributed by atoms with van der Waals surface area (Å²) in [4.78, 5) is 0. The van der Waals surface area contributed by atoms with Crippen LogP contribution in [0, 0.1) is 11.8 Å². The summed E-state index contributed by atoms with van der Waals surface area (Å²) in [6.45, 7) is -0.149. The maximum atomic E-state index is 8.47. The number of aliphatic hydroxyl groups excluding tert-OH is 1. The minimum absolute atomic E-state index is 0.149. The van der Waals surface area contributed by atoms with E-state index >= 15 is 0 Å². The van der Waals surface area contributed by atoms with Crippen molar-refractivity contribution in [1.82, 2.24) is 0 Å².